The van der Waals surface area contributed by atoms with Gasteiger partial charge in [-0.3, -0.25) is 0 Å². The van der Waals surface area contributed by atoms with E-state index in [2.05, 4.69) is 47.3 Å². The predicted octanol–water partition coefficient (Wildman–Crippen LogP) is 4.14. The Hall–Kier alpha value is -3.01. The van der Waals surface area contributed by atoms with Gasteiger partial charge in [0.1, 0.15) is 5.82 Å². The first-order valence-corrected chi connectivity index (χ1v) is 7.57. The minimum Gasteiger partial charge on any atom is -0.303 e. The maximum absolute atomic E-state index is 4.75. The molecule has 2 heterocycles. The Balaban J connectivity index is 2.02. The van der Waals surface area contributed by atoms with E-state index in [0.717, 1.165) is 28.1 Å². The van der Waals surface area contributed by atoms with Crippen molar-refractivity contribution < 1.29 is 0 Å². The van der Waals surface area contributed by atoms with E-state index in [1.165, 1.54) is 5.56 Å². The van der Waals surface area contributed by atoms with Crippen molar-refractivity contribution in [2.24, 2.45) is 0 Å². The lowest BCUT2D eigenvalue weighted by molar-refractivity contribution is 0.851. The lowest BCUT2D eigenvalue weighted by atomic mass is 10.1. The Morgan fingerprint density at radius 2 is 1.65 bits per heavy atom. The SMILES string of the molecule is C=CCn1c(-c2ccc(C)cc2)nc2nc3ccccc3nc21. The molecule has 0 bridgehead atoms. The maximum atomic E-state index is 4.75. The van der Waals surface area contributed by atoms with Crippen LogP contribution in [0.5, 0.6) is 0 Å². The molecule has 4 rings (SSSR count). The third-order valence-corrected chi connectivity index (χ3v) is 3.88. The van der Waals surface area contributed by atoms with Crippen LogP contribution in [0.1, 0.15) is 5.56 Å². The van der Waals surface area contributed by atoms with Gasteiger partial charge in [-0.1, -0.05) is 48.0 Å². The van der Waals surface area contributed by atoms with E-state index in [1.54, 1.807) is 0 Å². The van der Waals surface area contributed by atoms with Crippen molar-refractivity contribution in [3.05, 3.63) is 66.7 Å². The molecule has 0 N–H and O–H groups in total. The van der Waals surface area contributed by atoms with Crippen LogP contribution in [0.2, 0.25) is 0 Å². The summed E-state index contributed by atoms with van der Waals surface area (Å²) in [5.74, 6) is 0.871. The molecule has 4 aromatic rings. The third kappa shape index (κ3) is 2.28. The zero-order chi connectivity index (χ0) is 15.8. The number of imidazole rings is 1. The fourth-order valence-electron chi connectivity index (χ4n) is 2.72. The van der Waals surface area contributed by atoms with Gasteiger partial charge < -0.3 is 4.57 Å². The van der Waals surface area contributed by atoms with Gasteiger partial charge in [-0.2, -0.15) is 0 Å². The zero-order valence-electron chi connectivity index (χ0n) is 12.9. The highest BCUT2D eigenvalue weighted by atomic mass is 15.2. The average Bonchev–Trinajstić information content (AvgIpc) is 2.92. The molecule has 0 aliphatic carbocycles. The van der Waals surface area contributed by atoms with Crippen molar-refractivity contribution in [1.29, 1.82) is 0 Å². The van der Waals surface area contributed by atoms with Crippen LogP contribution in [-0.4, -0.2) is 19.5 Å². The van der Waals surface area contributed by atoms with Crippen molar-refractivity contribution in [3.8, 4) is 11.4 Å². The second-order valence-corrected chi connectivity index (χ2v) is 5.56. The monoisotopic (exact) mass is 300 g/mol. The smallest absolute Gasteiger partial charge is 0.198 e. The molecule has 23 heavy (non-hydrogen) atoms. The van der Waals surface area contributed by atoms with Gasteiger partial charge in [0, 0.05) is 12.1 Å². The highest BCUT2D eigenvalue weighted by Crippen LogP contribution is 2.25. The van der Waals surface area contributed by atoms with E-state index in [4.69, 9.17) is 9.97 Å². The number of nitrogens with zero attached hydrogens (tertiary/aromatic N) is 4. The quantitative estimate of drug-likeness (QED) is 0.534. The maximum Gasteiger partial charge on any atom is 0.198 e. The molecular formula is C19H16N4. The molecule has 112 valence electrons. The molecule has 0 atom stereocenters. The fourth-order valence-corrected chi connectivity index (χ4v) is 2.72. The topological polar surface area (TPSA) is 43.6 Å². The van der Waals surface area contributed by atoms with Gasteiger partial charge in [-0.15, -0.1) is 6.58 Å². The molecule has 0 aliphatic rings. The van der Waals surface area contributed by atoms with E-state index in [-0.39, 0.29) is 0 Å². The molecule has 0 saturated heterocycles. The van der Waals surface area contributed by atoms with Crippen molar-refractivity contribution in [2.45, 2.75) is 13.5 Å². The first kappa shape index (κ1) is 13.6. The first-order valence-electron chi connectivity index (χ1n) is 7.57. The standard InChI is InChI=1S/C19H16N4/c1-3-12-23-18(14-10-8-13(2)9-11-14)22-17-19(23)21-16-7-5-4-6-15(16)20-17/h3-11H,1,12H2,2H3. The fraction of sp³-hybridized carbons (Fsp3) is 0.105. The van der Waals surface area contributed by atoms with Crippen LogP contribution in [0.15, 0.2) is 61.2 Å². The highest BCUT2D eigenvalue weighted by Gasteiger charge is 2.15. The van der Waals surface area contributed by atoms with Gasteiger partial charge in [0.25, 0.3) is 0 Å². The molecular weight excluding hydrogens is 284 g/mol. The summed E-state index contributed by atoms with van der Waals surface area (Å²) >= 11 is 0. The second-order valence-electron chi connectivity index (χ2n) is 5.56. The number of rotatable bonds is 3. The number of hydrogen-bond acceptors (Lipinski definition) is 3. The van der Waals surface area contributed by atoms with Crippen LogP contribution in [0.4, 0.5) is 0 Å². The minimum absolute atomic E-state index is 0.646. The van der Waals surface area contributed by atoms with Gasteiger partial charge in [-0.25, -0.2) is 15.0 Å². The number of hydrogen-bond donors (Lipinski definition) is 0. The van der Waals surface area contributed by atoms with E-state index in [9.17, 15) is 0 Å². The van der Waals surface area contributed by atoms with Gasteiger partial charge in [0.2, 0.25) is 0 Å². The summed E-state index contributed by atoms with van der Waals surface area (Å²) in [7, 11) is 0. The largest absolute Gasteiger partial charge is 0.303 e. The summed E-state index contributed by atoms with van der Waals surface area (Å²) in [5.41, 5.74) is 5.48. The molecule has 0 fully saturated rings. The van der Waals surface area contributed by atoms with Crippen LogP contribution in [0, 0.1) is 6.92 Å². The normalized spacial score (nSPS) is 11.2. The van der Waals surface area contributed by atoms with Crippen molar-refractivity contribution >= 4 is 22.3 Å². The lowest BCUT2D eigenvalue weighted by Crippen LogP contribution is -2.00. The van der Waals surface area contributed by atoms with Crippen LogP contribution in [0.25, 0.3) is 33.7 Å². The van der Waals surface area contributed by atoms with Crippen molar-refractivity contribution in [2.75, 3.05) is 0 Å². The molecule has 0 aliphatic heterocycles. The number of benzene rings is 2. The Morgan fingerprint density at radius 3 is 2.35 bits per heavy atom. The molecule has 4 nitrogen and oxygen atoms in total. The van der Waals surface area contributed by atoms with Gasteiger partial charge in [-0.05, 0) is 19.1 Å². The van der Waals surface area contributed by atoms with Gasteiger partial charge in [0.15, 0.2) is 11.3 Å². The summed E-state index contributed by atoms with van der Waals surface area (Å²) < 4.78 is 2.06. The van der Waals surface area contributed by atoms with Gasteiger partial charge >= 0.3 is 0 Å². The van der Waals surface area contributed by atoms with Crippen molar-refractivity contribution in [3.63, 3.8) is 0 Å². The molecule has 2 aromatic heterocycles. The molecule has 0 radical (unpaired) electrons. The Bertz CT molecular complexity index is 1010. The third-order valence-electron chi connectivity index (χ3n) is 3.88. The van der Waals surface area contributed by atoms with Crippen LogP contribution < -0.4 is 0 Å². The van der Waals surface area contributed by atoms with E-state index < -0.39 is 0 Å². The Labute approximate surface area is 134 Å². The second kappa shape index (κ2) is 5.32. The molecule has 0 amide bonds. The first-order chi connectivity index (χ1) is 11.3. The number of aromatic nitrogens is 4. The summed E-state index contributed by atoms with van der Waals surface area (Å²) in [6.07, 6.45) is 1.86. The molecule has 2 aromatic carbocycles. The number of fused-ring (bicyclic) bond motifs is 2. The Morgan fingerprint density at radius 1 is 0.957 bits per heavy atom. The number of allylic oxidation sites excluding steroid dienone is 1. The number of aryl methyl sites for hydroxylation is 1. The van der Waals surface area contributed by atoms with E-state index in [0.29, 0.717) is 12.2 Å². The number of para-hydroxylation sites is 2. The average molecular weight is 300 g/mol. The highest BCUT2D eigenvalue weighted by molar-refractivity contribution is 5.84. The Kier molecular flexibility index (Phi) is 3.15. The molecule has 4 heteroatoms. The molecule has 0 unspecified atom stereocenters. The predicted molar refractivity (Wildman–Crippen MR) is 93.2 cm³/mol. The summed E-state index contributed by atoms with van der Waals surface area (Å²) in [4.78, 5) is 14.1. The minimum atomic E-state index is 0.646. The van der Waals surface area contributed by atoms with Crippen LogP contribution in [-0.2, 0) is 6.54 Å². The lowest BCUT2D eigenvalue weighted by Gasteiger charge is -2.06. The van der Waals surface area contributed by atoms with E-state index in [1.807, 2.05) is 30.3 Å². The van der Waals surface area contributed by atoms with Gasteiger partial charge in [0.05, 0.1) is 11.0 Å². The summed E-state index contributed by atoms with van der Waals surface area (Å²) in [6, 6.07) is 16.2. The van der Waals surface area contributed by atoms with E-state index >= 15 is 0 Å². The summed E-state index contributed by atoms with van der Waals surface area (Å²) in [5, 5.41) is 0. The van der Waals surface area contributed by atoms with Crippen LogP contribution >= 0.6 is 0 Å². The van der Waals surface area contributed by atoms with Crippen LogP contribution in [0.3, 0.4) is 0 Å². The molecule has 0 saturated carbocycles. The summed E-state index contributed by atoms with van der Waals surface area (Å²) in [6.45, 7) is 6.58. The molecule has 0 spiro atoms. The zero-order valence-corrected chi connectivity index (χ0v) is 12.9. The van der Waals surface area contributed by atoms with Crippen molar-refractivity contribution in [1.82, 2.24) is 19.5 Å².